The molecule has 20 heteroatoms. The predicted octanol–water partition coefficient (Wildman–Crippen LogP) is 14.3. The molecule has 11 N–H and O–H groups in total. The number of anilines is 2. The first-order valence-corrected chi connectivity index (χ1v) is 38.3. The van der Waals surface area contributed by atoms with Crippen molar-refractivity contribution >= 4 is 64.2 Å². The van der Waals surface area contributed by atoms with Crippen LogP contribution in [0.1, 0.15) is 300 Å². The molecule has 0 aliphatic heterocycles. The van der Waals surface area contributed by atoms with Crippen LogP contribution in [0.5, 0.6) is 0 Å². The van der Waals surface area contributed by atoms with E-state index in [-0.39, 0.29) is 66.4 Å². The summed E-state index contributed by atoms with van der Waals surface area (Å²) in [7, 11) is 0. The number of ketones is 1. The molecular weight excluding hydrogens is 1190 g/mol. The Balaban J connectivity index is 1.51. The number of unbranched alkanes of at least 4 members (excludes halogenated alkanes) is 31. The van der Waals surface area contributed by atoms with E-state index in [1.165, 1.54) is 170 Å². The van der Waals surface area contributed by atoms with Crippen LogP contribution in [0.2, 0.25) is 0 Å². The minimum absolute atomic E-state index is 0.00347. The Bertz CT molecular complexity index is 2480. The number of amides is 2. The van der Waals surface area contributed by atoms with Crippen molar-refractivity contribution in [3.05, 3.63) is 45.9 Å². The maximum absolute atomic E-state index is 13.9. The fourth-order valence-corrected chi connectivity index (χ4v) is 12.5. The summed E-state index contributed by atoms with van der Waals surface area (Å²) in [5, 5.41) is 12.7. The number of aromatic nitrogens is 4. The van der Waals surface area contributed by atoms with E-state index in [0.717, 1.165) is 95.8 Å². The number of benzene rings is 1. The minimum Gasteiger partial charge on any atom is -0.462 e. The van der Waals surface area contributed by atoms with Gasteiger partial charge in [0, 0.05) is 61.9 Å². The fraction of sp³-hybridized carbons (Fsp3) is 0.781. The Morgan fingerprint density at radius 3 is 1.66 bits per heavy atom. The van der Waals surface area contributed by atoms with Gasteiger partial charge in [0.25, 0.3) is 0 Å². The lowest BCUT2D eigenvalue weighted by atomic mass is 9.92. The Hall–Kier alpha value is -5.05. The minimum atomic E-state index is -0.833. The van der Waals surface area contributed by atoms with E-state index in [1.807, 2.05) is 0 Å². The van der Waals surface area contributed by atoms with E-state index in [2.05, 4.69) is 57.0 Å². The van der Waals surface area contributed by atoms with E-state index in [4.69, 9.17) is 26.7 Å². The standard InChI is InChI=1S/C73H129N11O8S/c1-4-7-10-12-14-16-18-20-22-24-26-30-34-42-65(86)91-56-62(92-66(87)43-35-31-27-25-23-21-19-17-15-13-11-8-5-2)57-93-58-63(75)71(89)79-52-39-36-41-61(70(88)78-53-40-50-77-49-38-33-29-28-32-37-48-74)54-64(85)60-46-44-59(45-47-60)55-84-69-67(81-73(84)90)68(76)82-72(83-69)80-51-9-6-3/h44-47,61-63,77H,4-43,48-58,74-75H2,1-3H3,(H,78,88)(H,79,89)(H,81,90)(H3,76,80,82,83)/t61-,62?,63+/m1/s1. The van der Waals surface area contributed by atoms with E-state index in [0.29, 0.717) is 80.2 Å². The molecule has 0 aliphatic rings. The van der Waals surface area contributed by atoms with Gasteiger partial charge in [-0.1, -0.05) is 238 Å². The lowest BCUT2D eigenvalue weighted by molar-refractivity contribution is -0.157. The molecule has 0 saturated heterocycles. The molecule has 0 bridgehead atoms. The van der Waals surface area contributed by atoms with Gasteiger partial charge in [0.2, 0.25) is 17.8 Å². The lowest BCUT2D eigenvalue weighted by Crippen LogP contribution is -2.43. The van der Waals surface area contributed by atoms with Crippen molar-refractivity contribution in [3.8, 4) is 0 Å². The Kier molecular flexibility index (Phi) is 48.7. The van der Waals surface area contributed by atoms with Gasteiger partial charge in [-0.3, -0.25) is 28.5 Å². The second-order valence-corrected chi connectivity index (χ2v) is 27.0. The van der Waals surface area contributed by atoms with Crippen LogP contribution in [0.3, 0.4) is 0 Å². The Labute approximate surface area is 564 Å². The highest BCUT2D eigenvalue weighted by atomic mass is 32.2. The Morgan fingerprint density at radius 1 is 0.570 bits per heavy atom. The summed E-state index contributed by atoms with van der Waals surface area (Å²) in [6, 6.07) is 6.21. The van der Waals surface area contributed by atoms with E-state index in [1.54, 1.807) is 24.3 Å². The average Bonchev–Trinajstić information content (AvgIpc) is 1.65. The van der Waals surface area contributed by atoms with Crippen LogP contribution in [0, 0.1) is 5.92 Å². The quantitative estimate of drug-likeness (QED) is 0.0148. The van der Waals surface area contributed by atoms with Gasteiger partial charge in [-0.15, -0.1) is 0 Å². The van der Waals surface area contributed by atoms with Crippen LogP contribution in [0.25, 0.3) is 11.2 Å². The van der Waals surface area contributed by atoms with Gasteiger partial charge >= 0.3 is 17.6 Å². The monoisotopic (exact) mass is 1320 g/mol. The molecule has 0 radical (unpaired) electrons. The van der Waals surface area contributed by atoms with Crippen LogP contribution in [-0.2, 0) is 35.2 Å². The number of hydrogen-bond donors (Lipinski definition) is 8. The number of hydrogen-bond acceptors (Lipinski definition) is 16. The average molecular weight is 1320 g/mol. The number of carbonyl (C=O) groups excluding carboxylic acids is 5. The van der Waals surface area contributed by atoms with Crippen molar-refractivity contribution in [1.29, 1.82) is 0 Å². The zero-order chi connectivity index (χ0) is 67.2. The number of esters is 2. The first-order chi connectivity index (χ1) is 45.4. The zero-order valence-corrected chi connectivity index (χ0v) is 59.2. The summed E-state index contributed by atoms with van der Waals surface area (Å²) in [6.07, 6.45) is 42.9. The highest BCUT2D eigenvalue weighted by molar-refractivity contribution is 7.99. The number of Topliss-reactive ketones (excluding diaryl/α,β-unsaturated/α-hetero) is 1. The summed E-state index contributed by atoms with van der Waals surface area (Å²) in [4.78, 5) is 91.8. The number of nitrogens with zero attached hydrogens (tertiary/aromatic N) is 3. The molecule has 0 aliphatic carbocycles. The molecule has 0 spiro atoms. The number of rotatable bonds is 63. The molecule has 1 unspecified atom stereocenters. The first-order valence-electron chi connectivity index (χ1n) is 37.2. The molecule has 1 aromatic carbocycles. The number of nitrogens with one attached hydrogen (secondary N) is 5. The third kappa shape index (κ3) is 40.2. The van der Waals surface area contributed by atoms with E-state index < -0.39 is 18.1 Å². The van der Waals surface area contributed by atoms with Gasteiger partial charge < -0.3 is 52.9 Å². The lowest BCUT2D eigenvalue weighted by Gasteiger charge is -2.19. The summed E-state index contributed by atoms with van der Waals surface area (Å²) in [5.74, 6) is -0.752. The second kappa shape index (κ2) is 55.1. The number of nitrogens with two attached hydrogens (primary N) is 3. The largest absolute Gasteiger partial charge is 0.462 e. The van der Waals surface area contributed by atoms with Gasteiger partial charge in [-0.05, 0) is 76.6 Å². The number of aromatic amines is 1. The van der Waals surface area contributed by atoms with Crippen molar-refractivity contribution < 1.29 is 33.4 Å². The predicted molar refractivity (Wildman–Crippen MR) is 385 cm³/mol. The second-order valence-electron chi connectivity index (χ2n) is 26.0. The molecule has 2 amide bonds. The summed E-state index contributed by atoms with van der Waals surface area (Å²) in [6.45, 7) is 10.7. The van der Waals surface area contributed by atoms with E-state index >= 15 is 0 Å². The van der Waals surface area contributed by atoms with Crippen LogP contribution < -0.4 is 44.2 Å². The SMILES string of the molecule is CCCCCCCCCCCCCCCC(=O)OCC(CSC[C@H](N)C(=O)NCCCC[C@H](CC(=O)c1ccc(Cn2c(=O)[nH]c3c(N)nc(NCCCC)nc32)cc1)C(=O)NCCCNCCCCCCCCN)OC(=O)CCCCCCCCCCCCCCC. The molecule has 3 atom stereocenters. The molecule has 2 aromatic heterocycles. The molecule has 19 nitrogen and oxygen atoms in total. The van der Waals surface area contributed by atoms with Crippen molar-refractivity contribution in [2.24, 2.45) is 17.4 Å². The summed E-state index contributed by atoms with van der Waals surface area (Å²) >= 11 is 1.39. The number of H-pyrrole nitrogens is 1. The zero-order valence-electron chi connectivity index (χ0n) is 58.4. The third-order valence-electron chi connectivity index (χ3n) is 17.4. The molecule has 93 heavy (non-hydrogen) atoms. The van der Waals surface area contributed by atoms with Gasteiger partial charge in [-0.25, -0.2) is 4.79 Å². The maximum atomic E-state index is 13.9. The molecular formula is C73H129N11O8S. The maximum Gasteiger partial charge on any atom is 0.328 e. The number of imidazole rings is 1. The topological polar surface area (TPSA) is 294 Å². The van der Waals surface area contributed by atoms with Crippen LogP contribution in [0.4, 0.5) is 11.8 Å². The van der Waals surface area contributed by atoms with Crippen molar-refractivity contribution in [3.63, 3.8) is 0 Å². The molecule has 0 fully saturated rings. The summed E-state index contributed by atoms with van der Waals surface area (Å²) < 4.78 is 13.1. The molecule has 0 saturated carbocycles. The van der Waals surface area contributed by atoms with E-state index in [9.17, 15) is 28.8 Å². The van der Waals surface area contributed by atoms with Crippen molar-refractivity contribution in [2.45, 2.75) is 303 Å². The number of nitrogen functional groups attached to an aromatic ring is 1. The third-order valence-corrected chi connectivity index (χ3v) is 18.6. The highest BCUT2D eigenvalue weighted by Gasteiger charge is 2.24. The van der Waals surface area contributed by atoms with Crippen molar-refractivity contribution in [1.82, 2.24) is 35.5 Å². The Morgan fingerprint density at radius 2 is 1.08 bits per heavy atom. The smallest absolute Gasteiger partial charge is 0.328 e. The number of fused-ring (bicyclic) bond motifs is 1. The fourth-order valence-electron chi connectivity index (χ4n) is 11.5. The number of carbonyl (C=O) groups is 5. The number of thioether (sulfide) groups is 1. The molecule has 3 rings (SSSR count). The first kappa shape index (κ1) is 82.2. The number of ether oxygens (including phenoxy) is 2. The van der Waals surface area contributed by atoms with Gasteiger partial charge in [0.05, 0.1) is 12.6 Å². The molecule has 3 aromatic rings. The van der Waals surface area contributed by atoms with Crippen LogP contribution >= 0.6 is 11.8 Å². The van der Waals surface area contributed by atoms with Crippen LogP contribution in [0.15, 0.2) is 29.1 Å². The normalized spacial score (nSPS) is 12.4. The molecule has 530 valence electrons. The van der Waals surface area contributed by atoms with Gasteiger partial charge in [-0.2, -0.15) is 21.7 Å². The van der Waals surface area contributed by atoms with Crippen molar-refractivity contribution in [2.75, 3.05) is 68.4 Å². The highest BCUT2D eigenvalue weighted by Crippen LogP contribution is 2.22. The van der Waals surface area contributed by atoms with Gasteiger partial charge in [0.15, 0.2) is 17.2 Å². The van der Waals surface area contributed by atoms with Crippen LogP contribution in [-0.4, -0.2) is 119 Å². The van der Waals surface area contributed by atoms with Gasteiger partial charge in [0.1, 0.15) is 18.2 Å². The summed E-state index contributed by atoms with van der Waals surface area (Å²) in [5.41, 5.74) is 19.8. The molecule has 2 heterocycles.